The summed E-state index contributed by atoms with van der Waals surface area (Å²) in [7, 11) is 0. The van der Waals surface area contributed by atoms with Crippen molar-refractivity contribution in [3.8, 4) is 0 Å². The number of rotatable bonds is 1. The SMILES string of the molecule is Cl.O[C@H]1[C@H](O)CN[C@@H]1c1ccc(F)cc1. The number of nitrogens with one attached hydrogen (secondary N) is 1. The molecule has 0 amide bonds. The van der Waals surface area contributed by atoms with Gasteiger partial charge in [-0.1, -0.05) is 12.1 Å². The fourth-order valence-electron chi connectivity index (χ4n) is 1.70. The molecule has 0 aliphatic carbocycles. The maximum atomic E-state index is 12.6. The molecular weight excluding hydrogens is 221 g/mol. The molecule has 1 fully saturated rings. The summed E-state index contributed by atoms with van der Waals surface area (Å²) in [6.45, 7) is 0.364. The second-order valence-electron chi connectivity index (χ2n) is 3.50. The molecule has 0 bridgehead atoms. The van der Waals surface area contributed by atoms with E-state index in [0.29, 0.717) is 6.54 Å². The first-order valence-corrected chi connectivity index (χ1v) is 4.53. The van der Waals surface area contributed by atoms with Gasteiger partial charge in [0.15, 0.2) is 0 Å². The third-order valence-electron chi connectivity index (χ3n) is 2.51. The smallest absolute Gasteiger partial charge is 0.123 e. The predicted molar refractivity (Wildman–Crippen MR) is 56.4 cm³/mol. The molecule has 1 aromatic rings. The monoisotopic (exact) mass is 233 g/mol. The van der Waals surface area contributed by atoms with Crippen molar-refractivity contribution in [3.63, 3.8) is 0 Å². The molecule has 84 valence electrons. The van der Waals surface area contributed by atoms with E-state index in [2.05, 4.69) is 5.32 Å². The molecule has 3 nitrogen and oxygen atoms in total. The summed E-state index contributed by atoms with van der Waals surface area (Å²) >= 11 is 0. The van der Waals surface area contributed by atoms with Crippen molar-refractivity contribution in [2.24, 2.45) is 0 Å². The van der Waals surface area contributed by atoms with Crippen molar-refractivity contribution < 1.29 is 14.6 Å². The zero-order valence-corrected chi connectivity index (χ0v) is 8.75. The molecule has 2 rings (SSSR count). The first-order chi connectivity index (χ1) is 6.68. The third-order valence-corrected chi connectivity index (χ3v) is 2.51. The largest absolute Gasteiger partial charge is 0.389 e. The zero-order chi connectivity index (χ0) is 10.1. The van der Waals surface area contributed by atoms with Crippen LogP contribution in [0.1, 0.15) is 11.6 Å². The number of hydrogen-bond acceptors (Lipinski definition) is 3. The Morgan fingerprint density at radius 1 is 1.20 bits per heavy atom. The van der Waals surface area contributed by atoms with Crippen LogP contribution in [0.2, 0.25) is 0 Å². The number of hydrogen-bond donors (Lipinski definition) is 3. The maximum Gasteiger partial charge on any atom is 0.123 e. The highest BCUT2D eigenvalue weighted by Crippen LogP contribution is 2.23. The molecule has 1 heterocycles. The Bertz CT molecular complexity index is 320. The molecule has 3 N–H and O–H groups in total. The molecule has 1 aromatic carbocycles. The van der Waals surface area contributed by atoms with Gasteiger partial charge < -0.3 is 15.5 Å². The van der Waals surface area contributed by atoms with Crippen LogP contribution in [0.5, 0.6) is 0 Å². The van der Waals surface area contributed by atoms with Gasteiger partial charge in [0.05, 0.1) is 12.1 Å². The summed E-state index contributed by atoms with van der Waals surface area (Å²) in [5.41, 5.74) is 0.787. The lowest BCUT2D eigenvalue weighted by Gasteiger charge is -2.16. The van der Waals surface area contributed by atoms with E-state index in [1.54, 1.807) is 12.1 Å². The quantitative estimate of drug-likeness (QED) is 0.667. The second kappa shape index (κ2) is 4.90. The van der Waals surface area contributed by atoms with Crippen molar-refractivity contribution in [2.45, 2.75) is 18.2 Å². The summed E-state index contributed by atoms with van der Waals surface area (Å²) in [6.07, 6.45) is -1.56. The summed E-state index contributed by atoms with van der Waals surface area (Å²) in [4.78, 5) is 0. The van der Waals surface area contributed by atoms with Crippen LogP contribution >= 0.6 is 12.4 Å². The lowest BCUT2D eigenvalue weighted by atomic mass is 10.0. The van der Waals surface area contributed by atoms with Crippen molar-refractivity contribution in [3.05, 3.63) is 35.6 Å². The first-order valence-electron chi connectivity index (χ1n) is 4.53. The van der Waals surface area contributed by atoms with Gasteiger partial charge in [-0.15, -0.1) is 12.4 Å². The molecule has 1 aliphatic heterocycles. The molecule has 1 saturated heterocycles. The second-order valence-corrected chi connectivity index (χ2v) is 3.50. The van der Waals surface area contributed by atoms with Crippen molar-refractivity contribution in [1.29, 1.82) is 0 Å². The Labute approximate surface area is 93.3 Å². The summed E-state index contributed by atoms with van der Waals surface area (Å²) in [5.74, 6) is -0.304. The molecule has 0 radical (unpaired) electrons. The van der Waals surface area contributed by atoms with Crippen molar-refractivity contribution in [2.75, 3.05) is 6.54 Å². The highest BCUT2D eigenvalue weighted by Gasteiger charge is 2.33. The summed E-state index contributed by atoms with van der Waals surface area (Å²) < 4.78 is 12.6. The molecule has 5 heteroatoms. The Morgan fingerprint density at radius 3 is 2.27 bits per heavy atom. The van der Waals surface area contributed by atoms with E-state index in [0.717, 1.165) is 5.56 Å². The van der Waals surface area contributed by atoms with E-state index in [-0.39, 0.29) is 24.3 Å². The first kappa shape index (κ1) is 12.4. The van der Waals surface area contributed by atoms with Crippen LogP contribution in [-0.4, -0.2) is 29.0 Å². The van der Waals surface area contributed by atoms with Crippen LogP contribution in [0.25, 0.3) is 0 Å². The molecule has 3 atom stereocenters. The summed E-state index contributed by atoms with van der Waals surface area (Å²) in [5, 5.41) is 21.8. The van der Waals surface area contributed by atoms with Gasteiger partial charge in [-0.2, -0.15) is 0 Å². The number of β-amino-alcohol motifs (C(OH)–C–C–N with tert-alkyl or cyclic N) is 1. The predicted octanol–water partition coefficient (Wildman–Crippen LogP) is 0.614. The highest BCUT2D eigenvalue weighted by molar-refractivity contribution is 5.85. The summed E-state index contributed by atoms with van der Waals surface area (Å²) in [6, 6.07) is 5.59. The van der Waals surface area contributed by atoms with Crippen LogP contribution in [-0.2, 0) is 0 Å². The molecule has 0 saturated carbocycles. The van der Waals surface area contributed by atoms with Gasteiger partial charge in [0, 0.05) is 6.54 Å². The van der Waals surface area contributed by atoms with Crippen LogP contribution in [0.15, 0.2) is 24.3 Å². The van der Waals surface area contributed by atoms with Crippen LogP contribution < -0.4 is 5.32 Å². The van der Waals surface area contributed by atoms with Gasteiger partial charge in [-0.3, -0.25) is 0 Å². The molecule has 0 unspecified atom stereocenters. The number of aliphatic hydroxyl groups excluding tert-OH is 2. The number of halogens is 2. The number of aliphatic hydroxyl groups is 2. The molecule has 0 spiro atoms. The van der Waals surface area contributed by atoms with E-state index >= 15 is 0 Å². The Balaban J connectivity index is 0.00000112. The van der Waals surface area contributed by atoms with Crippen LogP contribution in [0.3, 0.4) is 0 Å². The van der Waals surface area contributed by atoms with Gasteiger partial charge in [-0.25, -0.2) is 4.39 Å². The van der Waals surface area contributed by atoms with E-state index in [4.69, 9.17) is 0 Å². The fourth-order valence-corrected chi connectivity index (χ4v) is 1.70. The maximum absolute atomic E-state index is 12.6. The van der Waals surface area contributed by atoms with E-state index in [9.17, 15) is 14.6 Å². The zero-order valence-electron chi connectivity index (χ0n) is 7.93. The topological polar surface area (TPSA) is 52.5 Å². The minimum atomic E-state index is -0.819. The van der Waals surface area contributed by atoms with Gasteiger partial charge >= 0.3 is 0 Å². The van der Waals surface area contributed by atoms with Crippen LogP contribution in [0.4, 0.5) is 4.39 Å². The van der Waals surface area contributed by atoms with Gasteiger partial charge in [-0.05, 0) is 17.7 Å². The molecular formula is C10H13ClFNO2. The van der Waals surface area contributed by atoms with Gasteiger partial charge in [0.1, 0.15) is 11.9 Å². The number of benzene rings is 1. The molecule has 0 aromatic heterocycles. The average Bonchev–Trinajstić information content (AvgIpc) is 2.50. The van der Waals surface area contributed by atoms with Crippen molar-refractivity contribution >= 4 is 12.4 Å². The Hall–Kier alpha value is -0.680. The third kappa shape index (κ3) is 2.46. The van der Waals surface area contributed by atoms with Crippen LogP contribution in [0, 0.1) is 5.82 Å². The average molecular weight is 234 g/mol. The lowest BCUT2D eigenvalue weighted by molar-refractivity contribution is 0.0404. The van der Waals surface area contributed by atoms with Crippen molar-refractivity contribution in [1.82, 2.24) is 5.32 Å². The van der Waals surface area contributed by atoms with E-state index in [1.807, 2.05) is 0 Å². The minimum absolute atomic E-state index is 0. The molecule has 15 heavy (non-hydrogen) atoms. The lowest BCUT2D eigenvalue weighted by Crippen LogP contribution is -2.25. The Morgan fingerprint density at radius 2 is 1.80 bits per heavy atom. The normalized spacial score (nSPS) is 29.9. The van der Waals surface area contributed by atoms with E-state index in [1.165, 1.54) is 12.1 Å². The standard InChI is InChI=1S/C10H12FNO2.ClH/c11-7-3-1-6(2-4-7)9-10(14)8(13)5-12-9;/h1-4,8-10,12-14H,5H2;1H/t8-,9-,10+;/m1./s1. The van der Waals surface area contributed by atoms with E-state index < -0.39 is 12.2 Å². The highest BCUT2D eigenvalue weighted by atomic mass is 35.5. The fraction of sp³-hybridized carbons (Fsp3) is 0.400. The molecule has 1 aliphatic rings. The minimum Gasteiger partial charge on any atom is -0.389 e. The Kier molecular flexibility index (Phi) is 4.04. The van der Waals surface area contributed by atoms with Gasteiger partial charge in [0.2, 0.25) is 0 Å². The van der Waals surface area contributed by atoms with Gasteiger partial charge in [0.25, 0.3) is 0 Å².